The third-order valence-corrected chi connectivity index (χ3v) is 4.08. The molecule has 0 radical (unpaired) electrons. The number of allylic oxidation sites excluding steroid dienone is 3. The molecule has 0 spiro atoms. The number of amides is 1. The third kappa shape index (κ3) is 2.13. The van der Waals surface area contributed by atoms with Gasteiger partial charge >= 0.3 is 0 Å². The third-order valence-electron chi connectivity index (χ3n) is 2.96. The van der Waals surface area contributed by atoms with Crippen LogP contribution in [0, 0.1) is 6.92 Å². The molecule has 0 aromatic carbocycles. The van der Waals surface area contributed by atoms with Crippen molar-refractivity contribution in [1.82, 2.24) is 10.3 Å². The monoisotopic (exact) mass is 271 g/mol. The Morgan fingerprint density at radius 1 is 1.53 bits per heavy atom. The van der Waals surface area contributed by atoms with E-state index >= 15 is 0 Å². The standard InChI is InChI=1S/C14H13N3OS/c1-8-6-10-11(15)12(19-14(10)16-7-8)13(18)17-9-4-2-3-5-9/h2,4-7H,3,15H2,1H3,(H,17,18). The number of pyridine rings is 1. The molecule has 19 heavy (non-hydrogen) atoms. The van der Waals surface area contributed by atoms with Gasteiger partial charge in [-0.05, 0) is 31.1 Å². The van der Waals surface area contributed by atoms with E-state index in [4.69, 9.17) is 5.73 Å². The Morgan fingerprint density at radius 3 is 3.11 bits per heavy atom. The van der Waals surface area contributed by atoms with Crippen molar-refractivity contribution < 1.29 is 4.79 Å². The topological polar surface area (TPSA) is 68.0 Å². The summed E-state index contributed by atoms with van der Waals surface area (Å²) in [6.07, 6.45) is 8.49. The van der Waals surface area contributed by atoms with Crippen molar-refractivity contribution in [3.05, 3.63) is 46.6 Å². The maximum atomic E-state index is 12.2. The second kappa shape index (κ2) is 4.51. The van der Waals surface area contributed by atoms with Crippen LogP contribution >= 0.6 is 11.3 Å². The number of nitrogens with one attached hydrogen (secondary N) is 1. The van der Waals surface area contributed by atoms with Crippen LogP contribution < -0.4 is 11.1 Å². The Labute approximate surface area is 114 Å². The van der Waals surface area contributed by atoms with Crippen molar-refractivity contribution in [3.63, 3.8) is 0 Å². The summed E-state index contributed by atoms with van der Waals surface area (Å²) in [4.78, 5) is 17.8. The summed E-state index contributed by atoms with van der Waals surface area (Å²) < 4.78 is 0. The van der Waals surface area contributed by atoms with Gasteiger partial charge in [-0.2, -0.15) is 0 Å². The van der Waals surface area contributed by atoms with Gasteiger partial charge in [-0.3, -0.25) is 4.79 Å². The van der Waals surface area contributed by atoms with E-state index in [1.165, 1.54) is 11.3 Å². The number of rotatable bonds is 2. The largest absolute Gasteiger partial charge is 0.397 e. The highest BCUT2D eigenvalue weighted by Gasteiger charge is 2.17. The zero-order chi connectivity index (χ0) is 13.4. The van der Waals surface area contributed by atoms with Gasteiger partial charge in [-0.25, -0.2) is 4.98 Å². The van der Waals surface area contributed by atoms with Gasteiger partial charge in [0, 0.05) is 17.3 Å². The molecule has 2 aromatic heterocycles. The van der Waals surface area contributed by atoms with Crippen LogP contribution in [0.25, 0.3) is 10.2 Å². The highest BCUT2D eigenvalue weighted by Crippen LogP contribution is 2.32. The van der Waals surface area contributed by atoms with Crippen molar-refractivity contribution in [3.8, 4) is 0 Å². The average Bonchev–Trinajstić information content (AvgIpc) is 2.98. The summed E-state index contributed by atoms with van der Waals surface area (Å²) in [6.45, 7) is 1.96. The van der Waals surface area contributed by atoms with Gasteiger partial charge in [-0.15, -0.1) is 11.3 Å². The Morgan fingerprint density at radius 2 is 2.37 bits per heavy atom. The summed E-state index contributed by atoms with van der Waals surface area (Å²) in [7, 11) is 0. The maximum absolute atomic E-state index is 12.2. The van der Waals surface area contributed by atoms with E-state index in [0.29, 0.717) is 10.6 Å². The lowest BCUT2D eigenvalue weighted by molar-refractivity contribution is 0.0972. The molecule has 0 bridgehead atoms. The van der Waals surface area contributed by atoms with Crippen LogP contribution in [0.15, 0.2) is 36.2 Å². The molecule has 4 nitrogen and oxygen atoms in total. The lowest BCUT2D eigenvalue weighted by Gasteiger charge is -2.02. The second-order valence-electron chi connectivity index (χ2n) is 4.46. The van der Waals surface area contributed by atoms with E-state index in [1.54, 1.807) is 6.20 Å². The second-order valence-corrected chi connectivity index (χ2v) is 5.46. The Kier molecular flexibility index (Phi) is 2.83. The molecule has 0 unspecified atom stereocenters. The van der Waals surface area contributed by atoms with Crippen LogP contribution in [-0.4, -0.2) is 10.9 Å². The number of nitrogen functional groups attached to an aromatic ring is 1. The number of aromatic nitrogens is 1. The lowest BCUT2D eigenvalue weighted by Crippen LogP contribution is -2.21. The summed E-state index contributed by atoms with van der Waals surface area (Å²) in [5, 5.41) is 3.70. The van der Waals surface area contributed by atoms with Crippen molar-refractivity contribution in [1.29, 1.82) is 0 Å². The predicted molar refractivity (Wildman–Crippen MR) is 78.1 cm³/mol. The molecule has 3 N–H and O–H groups in total. The van der Waals surface area contributed by atoms with Gasteiger partial charge in [-0.1, -0.05) is 12.2 Å². The molecule has 0 saturated heterocycles. The molecule has 1 amide bonds. The average molecular weight is 271 g/mol. The molecule has 2 aromatic rings. The van der Waals surface area contributed by atoms with Gasteiger partial charge in [0.1, 0.15) is 9.71 Å². The van der Waals surface area contributed by atoms with Crippen molar-refractivity contribution >= 4 is 33.1 Å². The number of nitrogens with zero attached hydrogens (tertiary/aromatic N) is 1. The zero-order valence-corrected chi connectivity index (χ0v) is 11.3. The van der Waals surface area contributed by atoms with Crippen molar-refractivity contribution in [2.24, 2.45) is 0 Å². The number of hydrogen-bond acceptors (Lipinski definition) is 4. The molecular formula is C14H13N3OS. The Bertz CT molecular complexity index is 728. The summed E-state index contributed by atoms with van der Waals surface area (Å²) in [5.74, 6) is -0.170. The first-order valence-electron chi connectivity index (χ1n) is 5.98. The fraction of sp³-hybridized carbons (Fsp3) is 0.143. The summed E-state index contributed by atoms with van der Waals surface area (Å²) in [5.41, 5.74) is 8.42. The van der Waals surface area contributed by atoms with Gasteiger partial charge < -0.3 is 11.1 Å². The number of hydrogen-bond donors (Lipinski definition) is 2. The minimum Gasteiger partial charge on any atom is -0.397 e. The highest BCUT2D eigenvalue weighted by molar-refractivity contribution is 7.21. The first-order valence-corrected chi connectivity index (χ1v) is 6.79. The van der Waals surface area contributed by atoms with Crippen LogP contribution in [0.1, 0.15) is 21.7 Å². The molecular weight excluding hydrogens is 258 g/mol. The molecule has 96 valence electrons. The normalized spacial score (nSPS) is 13.8. The Hall–Kier alpha value is -2.14. The van der Waals surface area contributed by atoms with Crippen LogP contribution in [0.4, 0.5) is 5.69 Å². The molecule has 1 aliphatic carbocycles. The summed E-state index contributed by atoms with van der Waals surface area (Å²) in [6, 6.07) is 1.96. The van der Waals surface area contributed by atoms with E-state index in [2.05, 4.69) is 10.3 Å². The van der Waals surface area contributed by atoms with Crippen LogP contribution in [0.2, 0.25) is 0 Å². The van der Waals surface area contributed by atoms with Gasteiger partial charge in [0.2, 0.25) is 0 Å². The molecule has 3 rings (SSSR count). The summed E-state index contributed by atoms with van der Waals surface area (Å²) >= 11 is 1.32. The number of fused-ring (bicyclic) bond motifs is 1. The molecule has 0 saturated carbocycles. The van der Waals surface area contributed by atoms with E-state index in [0.717, 1.165) is 27.9 Å². The number of carbonyl (C=O) groups is 1. The predicted octanol–water partition coefficient (Wildman–Crippen LogP) is 2.76. The molecule has 2 heterocycles. The molecule has 5 heteroatoms. The number of aryl methyl sites for hydroxylation is 1. The van der Waals surface area contributed by atoms with Gasteiger partial charge in [0.15, 0.2) is 0 Å². The van der Waals surface area contributed by atoms with Gasteiger partial charge in [0.25, 0.3) is 5.91 Å². The first-order chi connectivity index (χ1) is 9.15. The maximum Gasteiger partial charge on any atom is 0.267 e. The van der Waals surface area contributed by atoms with E-state index in [1.807, 2.05) is 31.2 Å². The quantitative estimate of drug-likeness (QED) is 0.882. The molecule has 0 atom stereocenters. The molecule has 0 aliphatic heterocycles. The number of carbonyl (C=O) groups excluding carboxylic acids is 1. The minimum atomic E-state index is -0.170. The van der Waals surface area contributed by atoms with Gasteiger partial charge in [0.05, 0.1) is 5.69 Å². The fourth-order valence-electron chi connectivity index (χ4n) is 2.01. The number of nitrogens with two attached hydrogens (primary N) is 1. The lowest BCUT2D eigenvalue weighted by atomic mass is 10.2. The zero-order valence-electron chi connectivity index (χ0n) is 10.4. The van der Waals surface area contributed by atoms with Crippen LogP contribution in [0.3, 0.4) is 0 Å². The molecule has 1 aliphatic rings. The smallest absolute Gasteiger partial charge is 0.267 e. The van der Waals surface area contributed by atoms with Crippen molar-refractivity contribution in [2.75, 3.05) is 5.73 Å². The van der Waals surface area contributed by atoms with E-state index in [-0.39, 0.29) is 5.91 Å². The van der Waals surface area contributed by atoms with Crippen LogP contribution in [-0.2, 0) is 0 Å². The number of thiophene rings is 1. The Balaban J connectivity index is 1.98. The van der Waals surface area contributed by atoms with Crippen LogP contribution in [0.5, 0.6) is 0 Å². The molecule has 0 fully saturated rings. The fourth-order valence-corrected chi connectivity index (χ4v) is 2.95. The number of anilines is 1. The highest BCUT2D eigenvalue weighted by atomic mass is 32.1. The van der Waals surface area contributed by atoms with Crippen molar-refractivity contribution in [2.45, 2.75) is 13.3 Å². The minimum absolute atomic E-state index is 0.170. The first kappa shape index (κ1) is 11.9. The SMILES string of the molecule is Cc1cnc2sc(C(=O)NC3=CCC=C3)c(N)c2c1. The van der Waals surface area contributed by atoms with E-state index in [9.17, 15) is 4.79 Å². The van der Waals surface area contributed by atoms with E-state index < -0.39 is 0 Å².